The number of carbonyl (C=O) groups is 1. The van der Waals surface area contributed by atoms with Crippen molar-refractivity contribution in [1.82, 2.24) is 9.78 Å². The average molecular weight is 182 g/mol. The molecule has 1 rings (SSSR count). The van der Waals surface area contributed by atoms with Crippen LogP contribution in [0.1, 0.15) is 24.2 Å². The summed E-state index contributed by atoms with van der Waals surface area (Å²) in [7, 11) is 1.88. The van der Waals surface area contributed by atoms with E-state index >= 15 is 0 Å². The number of aryl methyl sites for hydroxylation is 3. The number of aromatic nitrogens is 2. The Balaban J connectivity index is 2.45. The molecule has 0 unspecified atom stereocenters. The fourth-order valence-electron chi connectivity index (χ4n) is 1.32. The maximum atomic E-state index is 10.3. The standard InChI is InChI=1S/C9H14N2O2/c1-7-6-8(11(2)10-7)4-3-5-9(12)13/h6H,3-5H2,1-2H3,(H,12,13). The number of hydrogen-bond acceptors (Lipinski definition) is 2. The maximum Gasteiger partial charge on any atom is 0.303 e. The van der Waals surface area contributed by atoms with Gasteiger partial charge in [0.05, 0.1) is 5.69 Å². The molecule has 72 valence electrons. The van der Waals surface area contributed by atoms with Crippen LogP contribution < -0.4 is 0 Å². The number of nitrogens with zero attached hydrogens (tertiary/aromatic N) is 2. The molecule has 4 heteroatoms. The van der Waals surface area contributed by atoms with Crippen LogP contribution in [0.25, 0.3) is 0 Å². The number of hydrogen-bond donors (Lipinski definition) is 1. The van der Waals surface area contributed by atoms with Crippen LogP contribution in [-0.4, -0.2) is 20.9 Å². The van der Waals surface area contributed by atoms with Gasteiger partial charge in [-0.2, -0.15) is 5.10 Å². The Bertz CT molecular complexity index is 305. The zero-order valence-corrected chi connectivity index (χ0v) is 7.95. The number of carboxylic acid groups (broad SMARTS) is 1. The van der Waals surface area contributed by atoms with E-state index in [9.17, 15) is 4.79 Å². The molecule has 0 aliphatic heterocycles. The van der Waals surface area contributed by atoms with E-state index in [-0.39, 0.29) is 6.42 Å². The van der Waals surface area contributed by atoms with Crippen molar-refractivity contribution in [3.05, 3.63) is 17.5 Å². The Morgan fingerprint density at radius 3 is 2.85 bits per heavy atom. The molecule has 0 atom stereocenters. The van der Waals surface area contributed by atoms with Crippen LogP contribution in [0.15, 0.2) is 6.07 Å². The van der Waals surface area contributed by atoms with Crippen molar-refractivity contribution in [1.29, 1.82) is 0 Å². The van der Waals surface area contributed by atoms with E-state index in [0.717, 1.165) is 17.8 Å². The van der Waals surface area contributed by atoms with E-state index in [1.807, 2.05) is 20.0 Å². The van der Waals surface area contributed by atoms with Crippen LogP contribution in [0, 0.1) is 6.92 Å². The second kappa shape index (κ2) is 4.07. The summed E-state index contributed by atoms with van der Waals surface area (Å²) < 4.78 is 1.80. The van der Waals surface area contributed by atoms with Crippen molar-refractivity contribution in [3.8, 4) is 0 Å². The number of aliphatic carboxylic acids is 1. The third-order valence-corrected chi connectivity index (χ3v) is 1.92. The summed E-state index contributed by atoms with van der Waals surface area (Å²) in [5.74, 6) is -0.737. The number of carboxylic acids is 1. The summed E-state index contributed by atoms with van der Waals surface area (Å²) in [5, 5.41) is 12.6. The van der Waals surface area contributed by atoms with Gasteiger partial charge in [0.25, 0.3) is 0 Å². The van der Waals surface area contributed by atoms with Crippen LogP contribution in [0.2, 0.25) is 0 Å². The highest BCUT2D eigenvalue weighted by atomic mass is 16.4. The summed E-state index contributed by atoms with van der Waals surface area (Å²) in [6.45, 7) is 1.93. The highest BCUT2D eigenvalue weighted by Crippen LogP contribution is 2.06. The first-order valence-corrected chi connectivity index (χ1v) is 4.31. The number of rotatable bonds is 4. The van der Waals surface area contributed by atoms with Crippen molar-refractivity contribution < 1.29 is 9.90 Å². The van der Waals surface area contributed by atoms with Gasteiger partial charge in [-0.1, -0.05) is 0 Å². The molecule has 0 saturated heterocycles. The first kappa shape index (κ1) is 9.77. The fourth-order valence-corrected chi connectivity index (χ4v) is 1.32. The Morgan fingerprint density at radius 2 is 2.38 bits per heavy atom. The molecule has 0 bridgehead atoms. The summed E-state index contributed by atoms with van der Waals surface area (Å²) in [4.78, 5) is 10.3. The van der Waals surface area contributed by atoms with Gasteiger partial charge in [-0.15, -0.1) is 0 Å². The quantitative estimate of drug-likeness (QED) is 0.759. The van der Waals surface area contributed by atoms with E-state index in [0.29, 0.717) is 6.42 Å². The zero-order chi connectivity index (χ0) is 9.84. The largest absolute Gasteiger partial charge is 0.481 e. The second-order valence-corrected chi connectivity index (χ2v) is 3.15. The second-order valence-electron chi connectivity index (χ2n) is 3.15. The zero-order valence-electron chi connectivity index (χ0n) is 7.95. The monoisotopic (exact) mass is 182 g/mol. The molecule has 1 aromatic rings. The molecule has 1 aromatic heterocycles. The fraction of sp³-hybridized carbons (Fsp3) is 0.556. The van der Waals surface area contributed by atoms with Crippen molar-refractivity contribution >= 4 is 5.97 Å². The minimum Gasteiger partial charge on any atom is -0.481 e. The van der Waals surface area contributed by atoms with E-state index in [1.165, 1.54) is 0 Å². The predicted molar refractivity (Wildman–Crippen MR) is 48.5 cm³/mol. The van der Waals surface area contributed by atoms with Gasteiger partial charge in [0.1, 0.15) is 0 Å². The normalized spacial score (nSPS) is 10.3. The third kappa shape index (κ3) is 2.89. The molecule has 4 nitrogen and oxygen atoms in total. The molecule has 1 N–H and O–H groups in total. The lowest BCUT2D eigenvalue weighted by Gasteiger charge is -1.98. The molecule has 13 heavy (non-hydrogen) atoms. The van der Waals surface area contributed by atoms with Crippen LogP contribution in [0.5, 0.6) is 0 Å². The Labute approximate surface area is 77.2 Å². The SMILES string of the molecule is Cc1cc(CCCC(=O)O)n(C)n1. The molecule has 0 fully saturated rings. The van der Waals surface area contributed by atoms with E-state index in [1.54, 1.807) is 4.68 Å². The molecular formula is C9H14N2O2. The average Bonchev–Trinajstić information content (AvgIpc) is 2.29. The van der Waals surface area contributed by atoms with Gasteiger partial charge in [0.2, 0.25) is 0 Å². The van der Waals surface area contributed by atoms with Crippen LogP contribution >= 0.6 is 0 Å². The molecule has 0 saturated carbocycles. The summed E-state index contributed by atoms with van der Waals surface area (Å²) >= 11 is 0. The van der Waals surface area contributed by atoms with E-state index in [2.05, 4.69) is 5.10 Å². The molecule has 0 aliphatic rings. The Kier molecular flexibility index (Phi) is 3.06. The topological polar surface area (TPSA) is 55.1 Å². The molecule has 0 aliphatic carbocycles. The summed E-state index contributed by atoms with van der Waals surface area (Å²) in [6.07, 6.45) is 1.68. The predicted octanol–water partition coefficient (Wildman–Crippen LogP) is 1.14. The first-order valence-electron chi connectivity index (χ1n) is 4.31. The van der Waals surface area contributed by atoms with Crippen LogP contribution in [0.4, 0.5) is 0 Å². The van der Waals surface area contributed by atoms with Gasteiger partial charge in [0.15, 0.2) is 0 Å². The highest BCUT2D eigenvalue weighted by Gasteiger charge is 2.03. The smallest absolute Gasteiger partial charge is 0.303 e. The lowest BCUT2D eigenvalue weighted by Crippen LogP contribution is -2.00. The molecule has 0 aromatic carbocycles. The Hall–Kier alpha value is -1.32. The highest BCUT2D eigenvalue weighted by molar-refractivity contribution is 5.66. The van der Waals surface area contributed by atoms with Gasteiger partial charge >= 0.3 is 5.97 Å². The maximum absolute atomic E-state index is 10.3. The van der Waals surface area contributed by atoms with Gasteiger partial charge < -0.3 is 5.11 Å². The van der Waals surface area contributed by atoms with Gasteiger partial charge in [-0.3, -0.25) is 9.48 Å². The summed E-state index contributed by atoms with van der Waals surface area (Å²) in [5.41, 5.74) is 2.08. The van der Waals surface area contributed by atoms with Crippen molar-refractivity contribution in [3.63, 3.8) is 0 Å². The Morgan fingerprint density at radius 1 is 1.69 bits per heavy atom. The van der Waals surface area contributed by atoms with E-state index in [4.69, 9.17) is 5.11 Å². The molecule has 0 radical (unpaired) electrons. The molecule has 0 spiro atoms. The minimum atomic E-state index is -0.737. The lowest BCUT2D eigenvalue weighted by molar-refractivity contribution is -0.137. The third-order valence-electron chi connectivity index (χ3n) is 1.92. The lowest BCUT2D eigenvalue weighted by atomic mass is 10.2. The van der Waals surface area contributed by atoms with Gasteiger partial charge in [-0.25, -0.2) is 0 Å². The van der Waals surface area contributed by atoms with Crippen LogP contribution in [0.3, 0.4) is 0 Å². The first-order chi connectivity index (χ1) is 6.09. The molecular weight excluding hydrogens is 168 g/mol. The van der Waals surface area contributed by atoms with Crippen molar-refractivity contribution in [2.24, 2.45) is 7.05 Å². The van der Waals surface area contributed by atoms with Gasteiger partial charge in [-0.05, 0) is 25.8 Å². The minimum absolute atomic E-state index is 0.226. The van der Waals surface area contributed by atoms with Crippen molar-refractivity contribution in [2.45, 2.75) is 26.2 Å². The molecule has 0 amide bonds. The molecule has 1 heterocycles. The van der Waals surface area contributed by atoms with E-state index < -0.39 is 5.97 Å². The van der Waals surface area contributed by atoms with Crippen molar-refractivity contribution in [2.75, 3.05) is 0 Å². The summed E-state index contributed by atoms with van der Waals surface area (Å²) in [6, 6.07) is 1.99. The van der Waals surface area contributed by atoms with Gasteiger partial charge in [0, 0.05) is 19.2 Å². The van der Waals surface area contributed by atoms with Crippen LogP contribution in [-0.2, 0) is 18.3 Å².